The molecule has 1 aliphatic carbocycles. The monoisotopic (exact) mass is 313 g/mol. The summed E-state index contributed by atoms with van der Waals surface area (Å²) in [5.74, 6) is -0.0929. The van der Waals surface area contributed by atoms with E-state index in [1.54, 1.807) is 29.0 Å². The third-order valence-electron chi connectivity index (χ3n) is 4.48. The van der Waals surface area contributed by atoms with Crippen LogP contribution in [0.1, 0.15) is 41.6 Å². The Morgan fingerprint density at radius 1 is 1.30 bits per heavy atom. The number of amides is 1. The van der Waals surface area contributed by atoms with Crippen molar-refractivity contribution in [2.45, 2.75) is 37.8 Å². The van der Waals surface area contributed by atoms with E-state index in [2.05, 4.69) is 5.10 Å². The zero-order valence-corrected chi connectivity index (χ0v) is 13.5. The first-order chi connectivity index (χ1) is 11.1. The van der Waals surface area contributed by atoms with Crippen molar-refractivity contribution in [3.05, 3.63) is 53.9 Å². The molecule has 0 spiro atoms. The summed E-state index contributed by atoms with van der Waals surface area (Å²) in [6, 6.07) is 10.0. The first-order valence-corrected chi connectivity index (χ1v) is 8.10. The fourth-order valence-corrected chi connectivity index (χ4v) is 3.26. The highest BCUT2D eigenvalue weighted by Crippen LogP contribution is 2.30. The van der Waals surface area contributed by atoms with Gasteiger partial charge in [0.2, 0.25) is 0 Å². The molecular weight excluding hydrogens is 290 g/mol. The smallest absolute Gasteiger partial charge is 0.256 e. The fourth-order valence-electron chi connectivity index (χ4n) is 3.26. The van der Waals surface area contributed by atoms with Crippen LogP contribution >= 0.6 is 0 Å². The molecule has 3 rings (SSSR count). The van der Waals surface area contributed by atoms with Gasteiger partial charge in [-0.3, -0.25) is 9.48 Å². The molecule has 0 aliphatic heterocycles. The summed E-state index contributed by atoms with van der Waals surface area (Å²) in [6.07, 6.45) is 6.99. The van der Waals surface area contributed by atoms with Gasteiger partial charge in [-0.05, 0) is 18.4 Å². The average molecular weight is 313 g/mol. The molecule has 1 aromatic heterocycles. The minimum atomic E-state index is -0.718. The number of hydrogen-bond donors (Lipinski definition) is 1. The summed E-state index contributed by atoms with van der Waals surface area (Å²) in [6.45, 7) is 1.03. The zero-order valence-electron chi connectivity index (χ0n) is 13.5. The maximum Gasteiger partial charge on any atom is 0.256 e. The van der Waals surface area contributed by atoms with Crippen molar-refractivity contribution in [3.63, 3.8) is 0 Å². The van der Waals surface area contributed by atoms with E-state index in [0.717, 1.165) is 31.2 Å². The van der Waals surface area contributed by atoms with Gasteiger partial charge in [0.1, 0.15) is 0 Å². The number of aliphatic hydroxyl groups is 1. The third-order valence-corrected chi connectivity index (χ3v) is 4.48. The minimum Gasteiger partial charge on any atom is -0.388 e. The number of rotatable bonds is 5. The highest BCUT2D eigenvalue weighted by atomic mass is 16.3. The molecule has 5 nitrogen and oxygen atoms in total. The number of likely N-dealkylation sites (N-methyl/N-ethyl adjacent to an activating group) is 1. The Hall–Kier alpha value is -2.14. The number of carbonyl (C=O) groups is 1. The van der Waals surface area contributed by atoms with Gasteiger partial charge in [-0.1, -0.05) is 43.2 Å². The van der Waals surface area contributed by atoms with Crippen molar-refractivity contribution in [2.24, 2.45) is 0 Å². The molecule has 0 saturated heterocycles. The zero-order chi connectivity index (χ0) is 16.3. The number of carbonyl (C=O) groups excluding carboxylic acids is 1. The van der Waals surface area contributed by atoms with Crippen LogP contribution in [0.4, 0.5) is 0 Å². The third kappa shape index (κ3) is 3.79. The molecule has 2 aromatic rings. The maximum atomic E-state index is 12.5. The molecule has 23 heavy (non-hydrogen) atoms. The van der Waals surface area contributed by atoms with Crippen molar-refractivity contribution in [1.29, 1.82) is 0 Å². The second kappa shape index (κ2) is 6.54. The van der Waals surface area contributed by atoms with Gasteiger partial charge in [-0.2, -0.15) is 5.10 Å². The molecule has 1 heterocycles. The van der Waals surface area contributed by atoms with E-state index in [0.29, 0.717) is 18.7 Å². The van der Waals surface area contributed by atoms with Crippen LogP contribution in [0, 0.1) is 0 Å². The van der Waals surface area contributed by atoms with Crippen LogP contribution in [0.25, 0.3) is 0 Å². The van der Waals surface area contributed by atoms with Crippen LogP contribution in [0.2, 0.25) is 0 Å². The molecule has 5 heteroatoms. The van der Waals surface area contributed by atoms with Crippen molar-refractivity contribution < 1.29 is 9.90 Å². The Bertz CT molecular complexity index is 660. The van der Waals surface area contributed by atoms with E-state index in [1.807, 2.05) is 30.3 Å². The van der Waals surface area contributed by atoms with E-state index in [9.17, 15) is 9.90 Å². The molecule has 1 N–H and O–H groups in total. The molecule has 1 aliphatic rings. The average Bonchev–Trinajstić information content (AvgIpc) is 3.17. The summed E-state index contributed by atoms with van der Waals surface area (Å²) in [7, 11) is 1.74. The van der Waals surface area contributed by atoms with Gasteiger partial charge < -0.3 is 10.0 Å². The van der Waals surface area contributed by atoms with Crippen LogP contribution in [0.5, 0.6) is 0 Å². The van der Waals surface area contributed by atoms with Gasteiger partial charge in [0.05, 0.1) is 23.9 Å². The van der Waals surface area contributed by atoms with Crippen LogP contribution in [0.15, 0.2) is 42.7 Å². The lowest BCUT2D eigenvalue weighted by Gasteiger charge is -2.28. The maximum absolute atomic E-state index is 12.5. The number of nitrogens with zero attached hydrogens (tertiary/aromatic N) is 3. The Morgan fingerprint density at radius 2 is 2.00 bits per heavy atom. The predicted octanol–water partition coefficient (Wildman–Crippen LogP) is 2.31. The molecular formula is C18H23N3O2. The number of aromatic nitrogens is 2. The lowest BCUT2D eigenvalue weighted by atomic mass is 10.0. The molecule has 122 valence electrons. The minimum absolute atomic E-state index is 0.0929. The van der Waals surface area contributed by atoms with Crippen molar-refractivity contribution >= 4 is 5.91 Å². The standard InChI is InChI=1S/C18H23N3O2/c1-20(14-18(23)9-5-6-10-18)17(22)16-11-19-21(13-16)12-15-7-3-2-4-8-15/h2-4,7-8,11,13,23H,5-6,9-10,12,14H2,1H3. The van der Waals surface area contributed by atoms with Crippen molar-refractivity contribution in [1.82, 2.24) is 14.7 Å². The molecule has 1 fully saturated rings. The highest BCUT2D eigenvalue weighted by molar-refractivity contribution is 5.93. The first kappa shape index (κ1) is 15.7. The van der Waals surface area contributed by atoms with Crippen LogP contribution in [-0.4, -0.2) is 44.9 Å². The Kier molecular flexibility index (Phi) is 4.48. The van der Waals surface area contributed by atoms with Gasteiger partial charge in [-0.25, -0.2) is 0 Å². The van der Waals surface area contributed by atoms with Crippen molar-refractivity contribution in [3.8, 4) is 0 Å². The van der Waals surface area contributed by atoms with Gasteiger partial charge in [0, 0.05) is 19.8 Å². The highest BCUT2D eigenvalue weighted by Gasteiger charge is 2.33. The van der Waals surface area contributed by atoms with E-state index >= 15 is 0 Å². The molecule has 0 radical (unpaired) electrons. The Balaban J connectivity index is 1.63. The van der Waals surface area contributed by atoms with Gasteiger partial charge >= 0.3 is 0 Å². The summed E-state index contributed by atoms with van der Waals surface area (Å²) in [4.78, 5) is 14.1. The lowest BCUT2D eigenvalue weighted by molar-refractivity contribution is 0.0157. The summed E-state index contributed by atoms with van der Waals surface area (Å²) in [5, 5.41) is 14.7. The summed E-state index contributed by atoms with van der Waals surface area (Å²) in [5.41, 5.74) is 0.984. The lowest BCUT2D eigenvalue weighted by Crippen LogP contribution is -2.41. The number of hydrogen-bond acceptors (Lipinski definition) is 3. The normalized spacial score (nSPS) is 16.4. The van der Waals surface area contributed by atoms with E-state index in [4.69, 9.17) is 0 Å². The van der Waals surface area contributed by atoms with Gasteiger partial charge in [-0.15, -0.1) is 0 Å². The van der Waals surface area contributed by atoms with Crippen LogP contribution in [-0.2, 0) is 6.54 Å². The predicted molar refractivity (Wildman–Crippen MR) is 88.1 cm³/mol. The second-order valence-corrected chi connectivity index (χ2v) is 6.50. The van der Waals surface area contributed by atoms with Crippen LogP contribution < -0.4 is 0 Å². The fraction of sp³-hybridized carbons (Fsp3) is 0.444. The Morgan fingerprint density at radius 3 is 2.70 bits per heavy atom. The molecule has 1 amide bonds. The Labute approximate surface area is 136 Å². The quantitative estimate of drug-likeness (QED) is 0.921. The summed E-state index contributed by atoms with van der Waals surface area (Å²) >= 11 is 0. The van der Waals surface area contributed by atoms with Crippen LogP contribution in [0.3, 0.4) is 0 Å². The van der Waals surface area contributed by atoms with Crippen molar-refractivity contribution in [2.75, 3.05) is 13.6 Å². The summed E-state index contributed by atoms with van der Waals surface area (Å²) < 4.78 is 1.76. The molecule has 1 saturated carbocycles. The topological polar surface area (TPSA) is 58.4 Å². The molecule has 0 unspecified atom stereocenters. The molecule has 0 bridgehead atoms. The molecule has 0 atom stereocenters. The van der Waals surface area contributed by atoms with Gasteiger partial charge in [0.15, 0.2) is 0 Å². The van der Waals surface area contributed by atoms with E-state index in [-0.39, 0.29) is 5.91 Å². The SMILES string of the molecule is CN(CC1(O)CCCC1)C(=O)c1cnn(Cc2ccccc2)c1. The first-order valence-electron chi connectivity index (χ1n) is 8.10. The van der Waals surface area contributed by atoms with Gasteiger partial charge in [0.25, 0.3) is 5.91 Å². The van der Waals surface area contributed by atoms with E-state index in [1.165, 1.54) is 0 Å². The largest absolute Gasteiger partial charge is 0.388 e. The van der Waals surface area contributed by atoms with E-state index < -0.39 is 5.60 Å². The molecule has 1 aromatic carbocycles. The number of benzene rings is 1. The second-order valence-electron chi connectivity index (χ2n) is 6.50.